The van der Waals surface area contributed by atoms with Gasteiger partial charge >= 0.3 is 0 Å². The molecule has 0 bridgehead atoms. The van der Waals surface area contributed by atoms with Gasteiger partial charge in [-0.2, -0.15) is 0 Å². The van der Waals surface area contributed by atoms with Crippen molar-refractivity contribution >= 4 is 0 Å². The summed E-state index contributed by atoms with van der Waals surface area (Å²) in [6, 6.07) is 0. The minimum absolute atomic E-state index is 0.00672. The minimum Gasteiger partial charge on any atom is -0.390 e. The van der Waals surface area contributed by atoms with E-state index in [9.17, 15) is 10.2 Å². The summed E-state index contributed by atoms with van der Waals surface area (Å²) < 4.78 is 19.5. The SMILES string of the molecule is CCC(C)C(C)C(OC1OC(CC)C(CC2OC(CC)C(C)C(C)C2C)C(C)C1O)C(O)CC. The zero-order valence-electron chi connectivity index (χ0n) is 23.7. The van der Waals surface area contributed by atoms with Crippen molar-refractivity contribution < 1.29 is 24.4 Å². The summed E-state index contributed by atoms with van der Waals surface area (Å²) in [5.41, 5.74) is 0. The van der Waals surface area contributed by atoms with E-state index in [4.69, 9.17) is 14.2 Å². The van der Waals surface area contributed by atoms with Crippen LogP contribution in [-0.2, 0) is 14.2 Å². The summed E-state index contributed by atoms with van der Waals surface area (Å²) in [5.74, 6) is 2.50. The van der Waals surface area contributed by atoms with Gasteiger partial charge in [0, 0.05) is 0 Å². The Kier molecular flexibility index (Phi) is 11.8. The van der Waals surface area contributed by atoms with E-state index < -0.39 is 18.5 Å². The van der Waals surface area contributed by atoms with Crippen LogP contribution in [0.5, 0.6) is 0 Å². The van der Waals surface area contributed by atoms with E-state index in [2.05, 4.69) is 62.3 Å². The average molecular weight is 485 g/mol. The quantitative estimate of drug-likeness (QED) is 0.374. The minimum atomic E-state index is -0.722. The predicted molar refractivity (Wildman–Crippen MR) is 138 cm³/mol. The van der Waals surface area contributed by atoms with Gasteiger partial charge in [-0.05, 0) is 67.1 Å². The summed E-state index contributed by atoms with van der Waals surface area (Å²) in [6.45, 7) is 22.0. The molecule has 2 fully saturated rings. The molecule has 0 aliphatic carbocycles. The molecule has 202 valence electrons. The molecule has 0 radical (unpaired) electrons. The molecule has 0 aromatic rings. The van der Waals surface area contributed by atoms with Gasteiger partial charge in [0.1, 0.15) is 6.10 Å². The van der Waals surface area contributed by atoms with E-state index in [1.54, 1.807) is 0 Å². The van der Waals surface area contributed by atoms with Crippen molar-refractivity contribution in [1.29, 1.82) is 0 Å². The highest BCUT2D eigenvalue weighted by Crippen LogP contribution is 2.43. The van der Waals surface area contributed by atoms with Gasteiger partial charge in [-0.1, -0.05) is 75.7 Å². The van der Waals surface area contributed by atoms with E-state index in [1.165, 1.54) is 0 Å². The molecule has 2 rings (SSSR count). The second-order valence-electron chi connectivity index (χ2n) is 11.7. The molecule has 0 amide bonds. The summed E-state index contributed by atoms with van der Waals surface area (Å²) in [6.07, 6.45) is 2.60. The fourth-order valence-electron chi connectivity index (χ4n) is 6.35. The molecule has 5 nitrogen and oxygen atoms in total. The van der Waals surface area contributed by atoms with E-state index in [0.717, 1.165) is 25.7 Å². The third-order valence-electron chi connectivity index (χ3n) is 9.92. The third-order valence-corrected chi connectivity index (χ3v) is 9.92. The largest absolute Gasteiger partial charge is 0.390 e. The molecular weight excluding hydrogens is 428 g/mol. The molecule has 2 aliphatic rings. The van der Waals surface area contributed by atoms with Gasteiger partial charge in [-0.25, -0.2) is 0 Å². The normalized spacial score (nSPS) is 42.7. The molecule has 2 heterocycles. The van der Waals surface area contributed by atoms with E-state index in [-0.39, 0.29) is 36.1 Å². The van der Waals surface area contributed by atoms with Crippen molar-refractivity contribution in [3.8, 4) is 0 Å². The Balaban J connectivity index is 2.17. The maximum atomic E-state index is 11.3. The molecule has 14 atom stereocenters. The van der Waals surface area contributed by atoms with Crippen LogP contribution >= 0.6 is 0 Å². The van der Waals surface area contributed by atoms with Gasteiger partial charge in [-0.15, -0.1) is 0 Å². The summed E-state index contributed by atoms with van der Waals surface area (Å²) in [5, 5.41) is 22.1. The van der Waals surface area contributed by atoms with Crippen LogP contribution < -0.4 is 0 Å². The summed E-state index contributed by atoms with van der Waals surface area (Å²) in [7, 11) is 0. The van der Waals surface area contributed by atoms with Gasteiger partial charge < -0.3 is 24.4 Å². The lowest BCUT2D eigenvalue weighted by molar-refractivity contribution is -0.304. The highest BCUT2D eigenvalue weighted by Gasteiger charge is 2.47. The average Bonchev–Trinajstić information content (AvgIpc) is 2.84. The van der Waals surface area contributed by atoms with Crippen LogP contribution in [0.2, 0.25) is 0 Å². The molecule has 2 aliphatic heterocycles. The van der Waals surface area contributed by atoms with E-state index in [0.29, 0.717) is 36.2 Å². The lowest BCUT2D eigenvalue weighted by Crippen LogP contribution is -2.55. The van der Waals surface area contributed by atoms with Crippen molar-refractivity contribution in [2.45, 2.75) is 144 Å². The van der Waals surface area contributed by atoms with Crippen molar-refractivity contribution in [2.24, 2.45) is 41.4 Å². The van der Waals surface area contributed by atoms with Crippen molar-refractivity contribution in [3.05, 3.63) is 0 Å². The molecule has 5 heteroatoms. The second kappa shape index (κ2) is 13.4. The molecule has 2 saturated heterocycles. The highest BCUT2D eigenvalue weighted by atomic mass is 16.7. The lowest BCUT2D eigenvalue weighted by atomic mass is 9.71. The third kappa shape index (κ3) is 6.56. The van der Waals surface area contributed by atoms with Gasteiger partial charge in [-0.3, -0.25) is 0 Å². The van der Waals surface area contributed by atoms with E-state index >= 15 is 0 Å². The van der Waals surface area contributed by atoms with Crippen molar-refractivity contribution in [1.82, 2.24) is 0 Å². The van der Waals surface area contributed by atoms with Gasteiger partial charge in [0.2, 0.25) is 0 Å². The maximum absolute atomic E-state index is 11.3. The second-order valence-corrected chi connectivity index (χ2v) is 11.7. The number of ether oxygens (including phenoxy) is 3. The molecular formula is C29H56O5. The van der Waals surface area contributed by atoms with Crippen LogP contribution in [0.1, 0.15) is 101 Å². The fraction of sp³-hybridized carbons (Fsp3) is 1.00. The maximum Gasteiger partial charge on any atom is 0.184 e. The number of rotatable bonds is 11. The lowest BCUT2D eigenvalue weighted by Gasteiger charge is -2.49. The first-order chi connectivity index (χ1) is 16.0. The van der Waals surface area contributed by atoms with Crippen LogP contribution in [0.3, 0.4) is 0 Å². The Morgan fingerprint density at radius 1 is 0.765 bits per heavy atom. The Morgan fingerprint density at radius 3 is 1.88 bits per heavy atom. The smallest absolute Gasteiger partial charge is 0.184 e. The first-order valence-electron chi connectivity index (χ1n) is 14.3. The van der Waals surface area contributed by atoms with Gasteiger partial charge in [0.25, 0.3) is 0 Å². The Hall–Kier alpha value is -0.200. The highest BCUT2D eigenvalue weighted by molar-refractivity contribution is 4.93. The van der Waals surface area contributed by atoms with Crippen LogP contribution in [0, 0.1) is 41.4 Å². The first kappa shape index (κ1) is 30.0. The number of aliphatic hydroxyl groups is 2. The van der Waals surface area contributed by atoms with E-state index in [1.807, 2.05) is 6.92 Å². The summed E-state index contributed by atoms with van der Waals surface area (Å²) in [4.78, 5) is 0. The predicted octanol–water partition coefficient (Wildman–Crippen LogP) is 6.05. The molecule has 2 N–H and O–H groups in total. The zero-order valence-corrected chi connectivity index (χ0v) is 23.7. The molecule has 0 aromatic carbocycles. The Labute approximate surface area is 210 Å². The fourth-order valence-corrected chi connectivity index (χ4v) is 6.35. The molecule has 14 unspecified atom stereocenters. The van der Waals surface area contributed by atoms with Crippen LogP contribution in [0.25, 0.3) is 0 Å². The number of hydrogen-bond donors (Lipinski definition) is 2. The summed E-state index contributed by atoms with van der Waals surface area (Å²) >= 11 is 0. The molecule has 0 saturated carbocycles. The standard InChI is InChI=1S/C29H56O5/c1-11-16(5)17(6)28(23(30)12-2)34-29-27(31)21(10)22(25(14-4)33-29)15-26-20(9)18(7)19(8)24(13-3)32-26/h16-31H,11-15H2,1-10H3. The zero-order chi connectivity index (χ0) is 25.7. The van der Waals surface area contributed by atoms with Crippen LogP contribution in [0.15, 0.2) is 0 Å². The van der Waals surface area contributed by atoms with Gasteiger partial charge in [0.15, 0.2) is 6.29 Å². The monoisotopic (exact) mass is 484 g/mol. The Bertz CT molecular complexity index is 581. The topological polar surface area (TPSA) is 68.2 Å². The van der Waals surface area contributed by atoms with Crippen molar-refractivity contribution in [2.75, 3.05) is 0 Å². The molecule has 0 aromatic heterocycles. The van der Waals surface area contributed by atoms with Crippen LogP contribution in [-0.4, -0.2) is 53.1 Å². The van der Waals surface area contributed by atoms with Gasteiger partial charge in [0.05, 0.1) is 30.5 Å². The molecule has 34 heavy (non-hydrogen) atoms. The van der Waals surface area contributed by atoms with Crippen molar-refractivity contribution in [3.63, 3.8) is 0 Å². The first-order valence-corrected chi connectivity index (χ1v) is 14.3. The number of aliphatic hydroxyl groups excluding tert-OH is 2. The Morgan fingerprint density at radius 2 is 1.35 bits per heavy atom. The molecule has 0 spiro atoms. The number of hydrogen-bond acceptors (Lipinski definition) is 5. The van der Waals surface area contributed by atoms with Crippen LogP contribution in [0.4, 0.5) is 0 Å².